The van der Waals surface area contributed by atoms with Crippen molar-refractivity contribution in [3.05, 3.63) is 71.6 Å². The van der Waals surface area contributed by atoms with Crippen molar-refractivity contribution in [2.45, 2.75) is 77.4 Å². The molecule has 12 heteroatoms. The van der Waals surface area contributed by atoms with Crippen LogP contribution in [0.5, 0.6) is 11.8 Å². The number of nitrogens with zero attached hydrogens (tertiary/aromatic N) is 10. The number of ether oxygens (including phenoxy) is 2. The van der Waals surface area contributed by atoms with Crippen LogP contribution in [0.4, 0.5) is 0 Å². The Morgan fingerprint density at radius 2 is 1.32 bits per heavy atom. The van der Waals surface area contributed by atoms with Crippen LogP contribution >= 0.6 is 0 Å². The first kappa shape index (κ1) is 38.0. The molecule has 0 spiro atoms. The highest BCUT2D eigenvalue weighted by atomic mass is 16.5. The maximum absolute atomic E-state index is 6.68. The fraction of sp³-hybridized carbons (Fsp3) is 0.556. The van der Waals surface area contributed by atoms with Crippen molar-refractivity contribution in [1.29, 1.82) is 0 Å². The van der Waals surface area contributed by atoms with E-state index in [2.05, 4.69) is 86.0 Å². The first-order valence-electron chi connectivity index (χ1n) is 21.4. The van der Waals surface area contributed by atoms with Gasteiger partial charge in [-0.1, -0.05) is 6.42 Å². The Balaban J connectivity index is 0.860. The molecule has 0 saturated heterocycles. The van der Waals surface area contributed by atoms with Gasteiger partial charge in [-0.3, -0.25) is 14.5 Å². The predicted molar refractivity (Wildman–Crippen MR) is 226 cm³/mol. The molecule has 2 atom stereocenters. The molecule has 57 heavy (non-hydrogen) atoms. The Morgan fingerprint density at radius 1 is 0.649 bits per heavy atom. The Bertz CT molecular complexity index is 2320. The second-order valence-electron chi connectivity index (χ2n) is 17.2. The smallest absolute Gasteiger partial charge is 0.199 e. The van der Waals surface area contributed by atoms with Gasteiger partial charge in [-0.2, -0.15) is 0 Å². The Kier molecular flexibility index (Phi) is 11.2. The molecule has 6 aromatic heterocycles. The van der Waals surface area contributed by atoms with Crippen LogP contribution in [0.3, 0.4) is 0 Å². The van der Waals surface area contributed by atoms with Gasteiger partial charge in [0.05, 0.1) is 18.7 Å². The molecular formula is C45H60N10O2. The molecule has 0 radical (unpaired) electrons. The summed E-state index contributed by atoms with van der Waals surface area (Å²) in [5, 5.41) is 2.47. The third-order valence-electron chi connectivity index (χ3n) is 12.9. The average molecular weight is 773 g/mol. The largest absolute Gasteiger partial charge is 0.479 e. The first-order valence-corrected chi connectivity index (χ1v) is 21.4. The molecule has 12 nitrogen and oxygen atoms in total. The molecule has 0 aromatic carbocycles. The van der Waals surface area contributed by atoms with Crippen molar-refractivity contribution >= 4 is 33.1 Å². The maximum Gasteiger partial charge on any atom is 0.199 e. The van der Waals surface area contributed by atoms with Crippen molar-refractivity contribution in [3.8, 4) is 11.8 Å². The summed E-state index contributed by atoms with van der Waals surface area (Å²) in [5.41, 5.74) is 9.99. The van der Waals surface area contributed by atoms with E-state index in [9.17, 15) is 0 Å². The second-order valence-corrected chi connectivity index (χ2v) is 17.2. The molecule has 2 unspecified atom stereocenters. The Morgan fingerprint density at radius 3 is 2.09 bits per heavy atom. The predicted octanol–water partition coefficient (Wildman–Crippen LogP) is 6.11. The normalized spacial score (nSPS) is 18.7. The second kappa shape index (κ2) is 16.8. The zero-order valence-electron chi connectivity index (χ0n) is 34.5. The lowest BCUT2D eigenvalue weighted by Crippen LogP contribution is -2.30. The van der Waals surface area contributed by atoms with Gasteiger partial charge in [0.1, 0.15) is 11.2 Å². The van der Waals surface area contributed by atoms with E-state index >= 15 is 0 Å². The van der Waals surface area contributed by atoms with Gasteiger partial charge in [-0.25, -0.2) is 9.97 Å². The van der Waals surface area contributed by atoms with Crippen molar-refractivity contribution in [2.24, 2.45) is 11.8 Å². The number of hydrogen-bond acceptors (Lipinski definition) is 9. The van der Waals surface area contributed by atoms with Gasteiger partial charge in [-0.15, -0.1) is 0 Å². The number of aromatic nitrogens is 7. The molecule has 0 fully saturated rings. The SMILES string of the molecule is CN(C)CCn1c2c(c3cccnc31)CC(CN(C)CCn1c3c(c4cnccc41)CC(CN(C)CCn1c4c(c5nccnc51)CCCCC4)CCO3)CCO2. The van der Waals surface area contributed by atoms with Gasteiger partial charge in [0.15, 0.2) is 17.4 Å². The summed E-state index contributed by atoms with van der Waals surface area (Å²) in [5.74, 6) is 3.07. The molecule has 6 aromatic rings. The van der Waals surface area contributed by atoms with Crippen molar-refractivity contribution in [2.75, 3.05) is 74.1 Å². The van der Waals surface area contributed by atoms with Gasteiger partial charge >= 0.3 is 0 Å². The summed E-state index contributed by atoms with van der Waals surface area (Å²) < 4.78 is 20.4. The number of pyridine rings is 2. The molecule has 2 aliphatic heterocycles. The quantitative estimate of drug-likeness (QED) is 0.129. The molecule has 8 heterocycles. The van der Waals surface area contributed by atoms with E-state index in [-0.39, 0.29) is 0 Å². The minimum absolute atomic E-state index is 0.500. The molecule has 1 aliphatic carbocycles. The minimum Gasteiger partial charge on any atom is -0.479 e. The third kappa shape index (κ3) is 7.76. The van der Waals surface area contributed by atoms with Crippen LogP contribution < -0.4 is 9.47 Å². The number of fused-ring (bicyclic) bond motifs is 9. The molecule has 302 valence electrons. The molecule has 0 N–H and O–H groups in total. The lowest BCUT2D eigenvalue weighted by Gasteiger charge is -2.23. The highest BCUT2D eigenvalue weighted by Gasteiger charge is 2.29. The number of likely N-dealkylation sites (N-methyl/N-ethyl adjacent to an activating group) is 3. The van der Waals surface area contributed by atoms with Crippen LogP contribution in [0.2, 0.25) is 0 Å². The third-order valence-corrected chi connectivity index (χ3v) is 12.9. The zero-order chi connectivity index (χ0) is 38.9. The van der Waals surface area contributed by atoms with E-state index in [0.717, 1.165) is 133 Å². The van der Waals surface area contributed by atoms with Crippen molar-refractivity contribution < 1.29 is 9.47 Å². The van der Waals surface area contributed by atoms with E-state index in [1.165, 1.54) is 57.9 Å². The first-order chi connectivity index (χ1) is 27.9. The molecular weight excluding hydrogens is 713 g/mol. The topological polar surface area (TPSA) is 94.5 Å². The number of hydrogen-bond donors (Lipinski definition) is 0. The lowest BCUT2D eigenvalue weighted by molar-refractivity contribution is 0.219. The van der Waals surface area contributed by atoms with Crippen LogP contribution in [0.1, 0.15) is 54.5 Å². The lowest BCUT2D eigenvalue weighted by atomic mass is 9.96. The average Bonchev–Trinajstić information content (AvgIpc) is 3.48. The summed E-state index contributed by atoms with van der Waals surface area (Å²) in [6, 6.07) is 6.45. The molecule has 0 saturated carbocycles. The fourth-order valence-corrected chi connectivity index (χ4v) is 9.99. The van der Waals surface area contributed by atoms with Crippen LogP contribution in [-0.2, 0) is 45.3 Å². The van der Waals surface area contributed by atoms with Crippen LogP contribution in [0, 0.1) is 11.8 Å². The highest BCUT2D eigenvalue weighted by Crippen LogP contribution is 2.38. The van der Waals surface area contributed by atoms with Gasteiger partial charge < -0.3 is 33.3 Å². The van der Waals surface area contributed by atoms with Gasteiger partial charge in [0.25, 0.3) is 0 Å². The van der Waals surface area contributed by atoms with E-state index in [4.69, 9.17) is 24.4 Å². The minimum atomic E-state index is 0.500. The van der Waals surface area contributed by atoms with Crippen molar-refractivity contribution in [3.63, 3.8) is 0 Å². The Hall–Kier alpha value is -4.52. The van der Waals surface area contributed by atoms with E-state index in [0.29, 0.717) is 11.8 Å². The summed E-state index contributed by atoms with van der Waals surface area (Å²) in [6.45, 7) is 9.06. The van der Waals surface area contributed by atoms with E-state index < -0.39 is 0 Å². The summed E-state index contributed by atoms with van der Waals surface area (Å²) in [4.78, 5) is 26.2. The zero-order valence-corrected chi connectivity index (χ0v) is 34.5. The number of rotatable bonds is 13. The summed E-state index contributed by atoms with van der Waals surface area (Å²) in [7, 11) is 8.79. The molecule has 9 rings (SSSR count). The van der Waals surface area contributed by atoms with Crippen LogP contribution in [-0.4, -0.2) is 122 Å². The molecule has 0 bridgehead atoms. The van der Waals surface area contributed by atoms with Crippen LogP contribution in [0.25, 0.3) is 33.1 Å². The van der Waals surface area contributed by atoms with Gasteiger partial charge in [-0.05, 0) is 110 Å². The Labute approximate surface area is 336 Å². The van der Waals surface area contributed by atoms with E-state index in [1.807, 2.05) is 24.8 Å². The van der Waals surface area contributed by atoms with Crippen LogP contribution in [0.15, 0.2) is 49.2 Å². The van der Waals surface area contributed by atoms with E-state index in [1.54, 1.807) is 0 Å². The molecule has 3 aliphatic rings. The summed E-state index contributed by atoms with van der Waals surface area (Å²) in [6.07, 6.45) is 19.7. The fourth-order valence-electron chi connectivity index (χ4n) is 9.99. The molecule has 0 amide bonds. The summed E-state index contributed by atoms with van der Waals surface area (Å²) >= 11 is 0. The monoisotopic (exact) mass is 772 g/mol. The standard InChI is InChI=1S/C45H60N10O2/c1-50(2)19-22-55-42-34(10-8-15-48-42)36-27-32(14-26-57-45(36)55)30-52(4)21-24-54-40-12-16-46-29-38(40)37-28-33(13-25-56-44(37)54)31-51(3)20-23-53-39-11-7-5-6-9-35(39)41-43(53)49-18-17-47-41/h8,10,12,15-18,29,32-33H,5-7,9,11,13-14,19-28,30-31H2,1-4H3. The van der Waals surface area contributed by atoms with Gasteiger partial charge in [0, 0.05) is 116 Å². The maximum atomic E-state index is 6.68. The van der Waals surface area contributed by atoms with Crippen molar-refractivity contribution in [1.82, 2.24) is 48.3 Å². The number of aryl methyl sites for hydroxylation is 1. The highest BCUT2D eigenvalue weighted by molar-refractivity contribution is 5.86. The van der Waals surface area contributed by atoms with Gasteiger partial charge in [0.2, 0.25) is 0 Å².